The summed E-state index contributed by atoms with van der Waals surface area (Å²) in [6.07, 6.45) is 0.582. The van der Waals surface area contributed by atoms with E-state index >= 15 is 0 Å². The van der Waals surface area contributed by atoms with Gasteiger partial charge in [0.15, 0.2) is 6.04 Å². The van der Waals surface area contributed by atoms with Crippen molar-refractivity contribution in [1.29, 1.82) is 0 Å². The Kier molecular flexibility index (Phi) is 7.02. The SMILES string of the molecule is CC(=O)OCC1=C(C(=O)O)N2C(=O)[C@@H](NC(=O)CCC[C@@H]([NH3+])C(=O)O)[C@H]2SC1. The Morgan fingerprint density at radius 1 is 1.36 bits per heavy atom. The largest absolute Gasteiger partial charge is 0.477 e. The van der Waals surface area contributed by atoms with Gasteiger partial charge in [0.2, 0.25) is 5.91 Å². The molecule has 2 rings (SSSR count). The molecule has 2 heterocycles. The van der Waals surface area contributed by atoms with Gasteiger partial charge in [0, 0.05) is 31.1 Å². The first-order valence-electron chi connectivity index (χ1n) is 8.52. The highest BCUT2D eigenvalue weighted by molar-refractivity contribution is 8.00. The summed E-state index contributed by atoms with van der Waals surface area (Å²) in [5, 5.41) is 20.2. The van der Waals surface area contributed by atoms with E-state index in [1.54, 1.807) is 0 Å². The lowest BCUT2D eigenvalue weighted by Crippen LogP contribution is -2.70. The van der Waals surface area contributed by atoms with E-state index in [4.69, 9.17) is 9.84 Å². The van der Waals surface area contributed by atoms with Gasteiger partial charge in [0.05, 0.1) is 0 Å². The van der Waals surface area contributed by atoms with E-state index in [1.165, 1.54) is 18.7 Å². The first-order chi connectivity index (χ1) is 13.1. The van der Waals surface area contributed by atoms with Crippen LogP contribution in [0.3, 0.4) is 0 Å². The molecule has 0 bridgehead atoms. The van der Waals surface area contributed by atoms with E-state index in [-0.39, 0.29) is 30.9 Å². The Bertz CT molecular complexity index is 737. The highest BCUT2D eigenvalue weighted by atomic mass is 32.2. The van der Waals surface area contributed by atoms with Crippen LogP contribution >= 0.6 is 11.8 Å². The lowest BCUT2D eigenvalue weighted by molar-refractivity contribution is -0.409. The van der Waals surface area contributed by atoms with Crippen molar-refractivity contribution in [2.45, 2.75) is 43.6 Å². The summed E-state index contributed by atoms with van der Waals surface area (Å²) >= 11 is 1.27. The van der Waals surface area contributed by atoms with Crippen molar-refractivity contribution in [3.05, 3.63) is 11.3 Å². The van der Waals surface area contributed by atoms with Gasteiger partial charge in [0.25, 0.3) is 5.91 Å². The number of amides is 2. The molecule has 0 aliphatic carbocycles. The van der Waals surface area contributed by atoms with Crippen molar-refractivity contribution in [2.75, 3.05) is 12.4 Å². The Labute approximate surface area is 164 Å². The first-order valence-corrected chi connectivity index (χ1v) is 9.57. The molecule has 0 aromatic carbocycles. The second kappa shape index (κ2) is 9.06. The number of rotatable bonds is 9. The van der Waals surface area contributed by atoms with E-state index < -0.39 is 47.2 Å². The van der Waals surface area contributed by atoms with E-state index in [2.05, 4.69) is 11.1 Å². The normalized spacial score (nSPS) is 22.1. The average Bonchev–Trinajstić information content (AvgIpc) is 2.62. The Balaban J connectivity index is 1.96. The zero-order valence-electron chi connectivity index (χ0n) is 15.2. The van der Waals surface area contributed by atoms with E-state index in [0.717, 1.165) is 4.90 Å². The number of carboxylic acid groups (broad SMARTS) is 2. The molecule has 28 heavy (non-hydrogen) atoms. The fraction of sp³-hybridized carbons (Fsp3) is 0.562. The minimum Gasteiger partial charge on any atom is -0.477 e. The van der Waals surface area contributed by atoms with Gasteiger partial charge in [-0.3, -0.25) is 19.3 Å². The second-order valence-electron chi connectivity index (χ2n) is 6.42. The molecule has 2 amide bonds. The maximum Gasteiger partial charge on any atom is 0.362 e. The molecule has 0 aromatic heterocycles. The molecule has 1 fully saturated rings. The number of carbonyl (C=O) groups excluding carboxylic acids is 3. The molecule has 0 unspecified atom stereocenters. The topological polar surface area (TPSA) is 178 Å². The van der Waals surface area contributed by atoms with Crippen LogP contribution in [0.15, 0.2) is 11.3 Å². The van der Waals surface area contributed by atoms with Crippen LogP contribution < -0.4 is 11.1 Å². The van der Waals surface area contributed by atoms with Crippen LogP contribution in [0.5, 0.6) is 0 Å². The highest BCUT2D eigenvalue weighted by Gasteiger charge is 2.54. The summed E-state index contributed by atoms with van der Waals surface area (Å²) in [5.41, 5.74) is 3.56. The molecule has 2 aliphatic heterocycles. The maximum absolute atomic E-state index is 12.4. The quantitative estimate of drug-likeness (QED) is 0.248. The van der Waals surface area contributed by atoms with Crippen molar-refractivity contribution in [3.8, 4) is 0 Å². The fourth-order valence-electron chi connectivity index (χ4n) is 2.86. The van der Waals surface area contributed by atoms with Gasteiger partial charge >= 0.3 is 17.9 Å². The smallest absolute Gasteiger partial charge is 0.362 e. The van der Waals surface area contributed by atoms with Crippen LogP contribution in [-0.4, -0.2) is 74.7 Å². The van der Waals surface area contributed by atoms with E-state index in [0.29, 0.717) is 12.0 Å². The van der Waals surface area contributed by atoms with Gasteiger partial charge in [-0.1, -0.05) is 0 Å². The van der Waals surface area contributed by atoms with Crippen molar-refractivity contribution in [2.24, 2.45) is 0 Å². The monoisotopic (exact) mass is 416 g/mol. The van der Waals surface area contributed by atoms with Crippen molar-refractivity contribution in [3.63, 3.8) is 0 Å². The molecule has 154 valence electrons. The van der Waals surface area contributed by atoms with Gasteiger partial charge in [-0.2, -0.15) is 0 Å². The molecule has 6 N–H and O–H groups in total. The summed E-state index contributed by atoms with van der Waals surface area (Å²) in [7, 11) is 0. The molecular weight excluding hydrogens is 394 g/mol. The molecular formula is C16H22N3O8S+. The molecule has 11 nitrogen and oxygen atoms in total. The lowest BCUT2D eigenvalue weighted by Gasteiger charge is -2.49. The van der Waals surface area contributed by atoms with E-state index in [9.17, 15) is 29.1 Å². The van der Waals surface area contributed by atoms with Crippen molar-refractivity contribution >= 4 is 41.5 Å². The summed E-state index contributed by atoms with van der Waals surface area (Å²) in [6.45, 7) is 0.987. The molecule has 2 aliphatic rings. The number of carbonyl (C=O) groups is 5. The van der Waals surface area contributed by atoms with Gasteiger partial charge in [-0.25, -0.2) is 9.59 Å². The van der Waals surface area contributed by atoms with E-state index in [1.807, 2.05) is 0 Å². The van der Waals surface area contributed by atoms with Gasteiger partial charge in [0.1, 0.15) is 23.7 Å². The third kappa shape index (κ3) is 4.81. The third-order valence-electron chi connectivity index (χ3n) is 4.32. The number of aliphatic carboxylic acids is 2. The standard InChI is InChI=1S/C16H21N3O8S/c1-7(20)27-5-8-6-28-14-11(13(22)19(14)12(8)16(25)26)18-10(21)4-2-3-9(17)15(23)24/h9,11,14H,2-6,17H2,1H3,(H,18,21)(H,23,24)(H,25,26)/p+1/t9-,11-,14-/m1/s1. The number of fused-ring (bicyclic) bond motifs is 1. The van der Waals surface area contributed by atoms with Crippen LogP contribution in [0.1, 0.15) is 26.2 Å². The van der Waals surface area contributed by atoms with Gasteiger partial charge in [-0.05, 0) is 6.42 Å². The number of nitrogens with one attached hydrogen (secondary N) is 1. The van der Waals surface area contributed by atoms with Crippen LogP contribution in [0.2, 0.25) is 0 Å². The van der Waals surface area contributed by atoms with Crippen LogP contribution in [0.25, 0.3) is 0 Å². The Morgan fingerprint density at radius 3 is 2.61 bits per heavy atom. The molecule has 0 aromatic rings. The van der Waals surface area contributed by atoms with Crippen molar-refractivity contribution < 1.29 is 44.7 Å². The Morgan fingerprint density at radius 2 is 2.04 bits per heavy atom. The summed E-state index contributed by atoms with van der Waals surface area (Å²) in [4.78, 5) is 58.8. The minimum atomic E-state index is -1.30. The molecule has 0 saturated carbocycles. The predicted molar refractivity (Wildman–Crippen MR) is 94.5 cm³/mol. The number of esters is 1. The van der Waals surface area contributed by atoms with Crippen LogP contribution in [0, 0.1) is 0 Å². The van der Waals surface area contributed by atoms with Crippen LogP contribution in [-0.2, 0) is 28.7 Å². The summed E-state index contributed by atoms with van der Waals surface area (Å²) in [6, 6.07) is -1.65. The van der Waals surface area contributed by atoms with Crippen molar-refractivity contribution in [1.82, 2.24) is 10.2 Å². The summed E-state index contributed by atoms with van der Waals surface area (Å²) < 4.78 is 4.85. The average molecular weight is 416 g/mol. The fourth-order valence-corrected chi connectivity index (χ4v) is 4.19. The summed E-state index contributed by atoms with van der Waals surface area (Å²) in [5.74, 6) is -3.62. The van der Waals surface area contributed by atoms with Gasteiger partial charge in [-0.15, -0.1) is 11.8 Å². The predicted octanol–water partition coefficient (Wildman–Crippen LogP) is -1.85. The molecule has 0 radical (unpaired) electrons. The van der Waals surface area contributed by atoms with Crippen LogP contribution in [0.4, 0.5) is 0 Å². The second-order valence-corrected chi connectivity index (χ2v) is 7.52. The maximum atomic E-state index is 12.4. The number of carboxylic acids is 2. The molecule has 12 heteroatoms. The van der Waals surface area contributed by atoms with Gasteiger partial charge < -0.3 is 26.0 Å². The molecule has 3 atom stereocenters. The zero-order chi connectivity index (χ0) is 21.0. The number of hydrogen-bond donors (Lipinski definition) is 4. The number of hydrogen-bond acceptors (Lipinski definition) is 7. The molecule has 1 saturated heterocycles. The Hall–Kier alpha value is -2.60. The molecule has 0 spiro atoms. The number of ether oxygens (including phenoxy) is 1. The first kappa shape index (κ1) is 21.7. The number of thioether (sulfide) groups is 1. The highest BCUT2D eigenvalue weighted by Crippen LogP contribution is 2.40. The zero-order valence-corrected chi connectivity index (χ0v) is 16.0. The third-order valence-corrected chi connectivity index (χ3v) is 5.66. The minimum absolute atomic E-state index is 0.0415. The number of nitrogens with zero attached hydrogens (tertiary/aromatic N) is 1. The lowest BCUT2D eigenvalue weighted by atomic mass is 10.0. The number of β-lactam (4-membered cyclic amide) rings is 1. The number of quaternary nitrogens is 1.